The Kier molecular flexibility index (Phi) is 7.79. The van der Waals surface area contributed by atoms with Crippen LogP contribution in [0.25, 0.3) is 0 Å². The molecule has 4 rings (SSSR count). The Balaban J connectivity index is 1.58. The molecule has 2 atom stereocenters. The molecule has 4 heteroatoms. The molecule has 0 N–H and O–H groups in total. The number of carbonyl (C=O) groups is 1. The number of para-hydroxylation sites is 1. The predicted molar refractivity (Wildman–Crippen MR) is 136 cm³/mol. The fraction of sp³-hybridized carbons (Fsp3) is 0.345. The van der Waals surface area contributed by atoms with Crippen molar-refractivity contribution in [2.24, 2.45) is 0 Å². The van der Waals surface area contributed by atoms with Gasteiger partial charge in [0.05, 0.1) is 0 Å². The highest BCUT2D eigenvalue weighted by atomic mass is 16.2. The van der Waals surface area contributed by atoms with Crippen LogP contribution < -0.4 is 4.90 Å². The van der Waals surface area contributed by atoms with Crippen molar-refractivity contribution in [3.8, 4) is 0 Å². The molecule has 3 aromatic rings. The number of rotatable bonds is 8. The fourth-order valence-electron chi connectivity index (χ4n) is 5.05. The largest absolute Gasteiger partial charge is 0.347 e. The Labute approximate surface area is 198 Å². The van der Waals surface area contributed by atoms with Crippen LogP contribution in [0.3, 0.4) is 0 Å². The molecule has 1 aliphatic rings. The number of likely N-dealkylation sites (tertiary alicyclic amines) is 1. The first-order valence-corrected chi connectivity index (χ1v) is 12.1. The van der Waals surface area contributed by atoms with Gasteiger partial charge in [-0.2, -0.15) is 0 Å². The Morgan fingerprint density at radius 2 is 1.55 bits per heavy atom. The molecular weight excluding hydrogens is 406 g/mol. The first-order valence-electron chi connectivity index (χ1n) is 12.1. The molecule has 1 aliphatic heterocycles. The molecular formula is C29H35N3O. The van der Waals surface area contributed by atoms with E-state index in [0.717, 1.165) is 38.0 Å². The smallest absolute Gasteiger partial charge is 0.255 e. The van der Waals surface area contributed by atoms with Crippen LogP contribution in [0.15, 0.2) is 91.0 Å². The maximum atomic E-state index is 13.4. The summed E-state index contributed by atoms with van der Waals surface area (Å²) in [7, 11) is 0. The summed E-state index contributed by atoms with van der Waals surface area (Å²) in [5.74, 6) is 0.0866. The second kappa shape index (κ2) is 11.2. The van der Waals surface area contributed by atoms with Crippen molar-refractivity contribution in [1.29, 1.82) is 0 Å². The zero-order chi connectivity index (χ0) is 23.0. The molecule has 1 fully saturated rings. The average Bonchev–Trinajstić information content (AvgIpc) is 2.87. The lowest BCUT2D eigenvalue weighted by atomic mass is 10.0. The minimum Gasteiger partial charge on any atom is -0.347 e. The number of nitrogens with zero attached hydrogens (tertiary/aromatic N) is 3. The monoisotopic (exact) mass is 441 g/mol. The summed E-state index contributed by atoms with van der Waals surface area (Å²) in [4.78, 5) is 20.5. The number of piperidine rings is 1. The third kappa shape index (κ3) is 5.63. The van der Waals surface area contributed by atoms with E-state index in [-0.39, 0.29) is 12.1 Å². The Hall–Kier alpha value is -3.11. The van der Waals surface area contributed by atoms with E-state index in [4.69, 9.17) is 0 Å². The molecule has 2 unspecified atom stereocenters. The van der Waals surface area contributed by atoms with E-state index < -0.39 is 0 Å². The lowest BCUT2D eigenvalue weighted by Gasteiger charge is -2.46. The number of benzene rings is 3. The molecule has 33 heavy (non-hydrogen) atoms. The maximum Gasteiger partial charge on any atom is 0.255 e. The number of hydrogen-bond donors (Lipinski definition) is 0. The standard InChI is InChI=1S/C29H35N3O/c1-3-31(29(33)26-16-9-5-10-17-26)24(2)32(27-18-11-6-12-19-27)28-20-13-21-30(23-28)22-25-14-7-4-8-15-25/h4-12,14-19,24,28H,3,13,20-23H2,1-2H3. The summed E-state index contributed by atoms with van der Waals surface area (Å²) in [5.41, 5.74) is 3.27. The van der Waals surface area contributed by atoms with Crippen molar-refractivity contribution in [1.82, 2.24) is 9.80 Å². The molecule has 0 saturated carbocycles. The third-order valence-electron chi connectivity index (χ3n) is 6.65. The van der Waals surface area contributed by atoms with Gasteiger partial charge in [-0.3, -0.25) is 9.69 Å². The summed E-state index contributed by atoms with van der Waals surface area (Å²) in [6.07, 6.45) is 2.24. The van der Waals surface area contributed by atoms with Gasteiger partial charge in [0.15, 0.2) is 0 Å². The topological polar surface area (TPSA) is 26.8 Å². The molecule has 0 radical (unpaired) electrons. The SMILES string of the molecule is CCN(C(=O)c1ccccc1)C(C)N(c1ccccc1)C1CCCN(Cc2ccccc2)C1. The van der Waals surface area contributed by atoms with Crippen LogP contribution >= 0.6 is 0 Å². The van der Waals surface area contributed by atoms with Gasteiger partial charge in [-0.05, 0) is 63.1 Å². The van der Waals surface area contributed by atoms with E-state index in [1.165, 1.54) is 11.3 Å². The summed E-state index contributed by atoms with van der Waals surface area (Å²) in [6.45, 7) is 7.98. The van der Waals surface area contributed by atoms with Crippen LogP contribution in [0.1, 0.15) is 42.6 Å². The maximum absolute atomic E-state index is 13.4. The van der Waals surface area contributed by atoms with Crippen molar-refractivity contribution in [2.75, 3.05) is 24.5 Å². The van der Waals surface area contributed by atoms with Gasteiger partial charge in [0, 0.05) is 36.9 Å². The number of anilines is 1. The zero-order valence-electron chi connectivity index (χ0n) is 19.8. The first kappa shape index (κ1) is 23.1. The number of hydrogen-bond acceptors (Lipinski definition) is 3. The van der Waals surface area contributed by atoms with Crippen LogP contribution in [-0.4, -0.2) is 47.5 Å². The lowest BCUT2D eigenvalue weighted by molar-refractivity contribution is 0.0679. The zero-order valence-corrected chi connectivity index (χ0v) is 19.8. The van der Waals surface area contributed by atoms with E-state index in [0.29, 0.717) is 12.6 Å². The van der Waals surface area contributed by atoms with E-state index in [2.05, 4.69) is 84.3 Å². The van der Waals surface area contributed by atoms with E-state index >= 15 is 0 Å². The third-order valence-corrected chi connectivity index (χ3v) is 6.65. The van der Waals surface area contributed by atoms with E-state index in [1.807, 2.05) is 35.2 Å². The minimum atomic E-state index is -0.0493. The fourth-order valence-corrected chi connectivity index (χ4v) is 5.05. The van der Waals surface area contributed by atoms with Crippen molar-refractivity contribution in [3.63, 3.8) is 0 Å². The van der Waals surface area contributed by atoms with Crippen LogP contribution in [-0.2, 0) is 6.54 Å². The molecule has 172 valence electrons. The summed E-state index contributed by atoms with van der Waals surface area (Å²) >= 11 is 0. The van der Waals surface area contributed by atoms with Crippen molar-refractivity contribution in [3.05, 3.63) is 102 Å². The van der Waals surface area contributed by atoms with Gasteiger partial charge in [0.2, 0.25) is 0 Å². The van der Waals surface area contributed by atoms with Crippen molar-refractivity contribution < 1.29 is 4.79 Å². The Morgan fingerprint density at radius 1 is 0.939 bits per heavy atom. The highest BCUT2D eigenvalue weighted by Crippen LogP contribution is 2.28. The minimum absolute atomic E-state index is 0.0493. The lowest BCUT2D eigenvalue weighted by Crippen LogP contribution is -2.57. The average molecular weight is 442 g/mol. The van der Waals surface area contributed by atoms with Gasteiger partial charge in [-0.1, -0.05) is 66.7 Å². The summed E-state index contributed by atoms with van der Waals surface area (Å²) < 4.78 is 0. The molecule has 0 spiro atoms. The molecule has 3 aromatic carbocycles. The second-order valence-corrected chi connectivity index (χ2v) is 8.85. The molecule has 0 bridgehead atoms. The van der Waals surface area contributed by atoms with Gasteiger partial charge < -0.3 is 9.80 Å². The quantitative estimate of drug-likeness (QED) is 0.422. The van der Waals surface area contributed by atoms with Gasteiger partial charge in [0.25, 0.3) is 5.91 Å². The van der Waals surface area contributed by atoms with Gasteiger partial charge in [0.1, 0.15) is 6.17 Å². The molecule has 0 aromatic heterocycles. The molecule has 1 saturated heterocycles. The second-order valence-electron chi connectivity index (χ2n) is 8.85. The van der Waals surface area contributed by atoms with E-state index in [9.17, 15) is 4.79 Å². The highest BCUT2D eigenvalue weighted by molar-refractivity contribution is 5.94. The van der Waals surface area contributed by atoms with Gasteiger partial charge >= 0.3 is 0 Å². The Bertz CT molecular complexity index is 993. The van der Waals surface area contributed by atoms with Crippen molar-refractivity contribution >= 4 is 11.6 Å². The van der Waals surface area contributed by atoms with Gasteiger partial charge in [-0.15, -0.1) is 0 Å². The van der Waals surface area contributed by atoms with Gasteiger partial charge in [-0.25, -0.2) is 0 Å². The molecule has 4 nitrogen and oxygen atoms in total. The first-order chi connectivity index (χ1) is 16.2. The predicted octanol–water partition coefficient (Wildman–Crippen LogP) is 5.67. The van der Waals surface area contributed by atoms with Crippen LogP contribution in [0.2, 0.25) is 0 Å². The summed E-state index contributed by atoms with van der Waals surface area (Å²) in [5, 5.41) is 0. The van der Waals surface area contributed by atoms with Crippen LogP contribution in [0.4, 0.5) is 5.69 Å². The molecule has 1 amide bonds. The number of carbonyl (C=O) groups excluding carboxylic acids is 1. The summed E-state index contributed by atoms with van der Waals surface area (Å²) in [6, 6.07) is 31.3. The highest BCUT2D eigenvalue weighted by Gasteiger charge is 2.33. The molecule has 1 heterocycles. The Morgan fingerprint density at radius 3 is 2.18 bits per heavy atom. The van der Waals surface area contributed by atoms with Crippen LogP contribution in [0, 0.1) is 0 Å². The van der Waals surface area contributed by atoms with Crippen molar-refractivity contribution in [2.45, 2.75) is 45.4 Å². The normalized spacial score (nSPS) is 17.3. The van der Waals surface area contributed by atoms with E-state index in [1.54, 1.807) is 0 Å². The number of amides is 1. The molecule has 0 aliphatic carbocycles. The van der Waals surface area contributed by atoms with Crippen LogP contribution in [0.5, 0.6) is 0 Å².